The first-order valence-corrected chi connectivity index (χ1v) is 3.86. The minimum atomic E-state index is -0.116. The van der Waals surface area contributed by atoms with Crippen LogP contribution < -0.4 is 0 Å². The molecule has 0 saturated heterocycles. The Balaban J connectivity index is 4.33. The molecule has 2 heteroatoms. The van der Waals surface area contributed by atoms with Crippen LogP contribution in [0.15, 0.2) is 6.58 Å². The van der Waals surface area contributed by atoms with E-state index in [0.717, 1.165) is 0 Å². The molecule has 0 aromatic rings. The summed E-state index contributed by atoms with van der Waals surface area (Å²) in [4.78, 5) is 12.9. The van der Waals surface area contributed by atoms with Crippen LogP contribution in [0.1, 0.15) is 27.7 Å². The van der Waals surface area contributed by atoms with Crippen LogP contribution in [-0.2, 0) is 4.79 Å². The van der Waals surface area contributed by atoms with Crippen molar-refractivity contribution in [1.82, 2.24) is 4.90 Å². The molecular formula is C9H16NO. The number of nitrogens with zero attached hydrogens (tertiary/aromatic N) is 1. The van der Waals surface area contributed by atoms with Crippen molar-refractivity contribution < 1.29 is 4.79 Å². The van der Waals surface area contributed by atoms with Crippen molar-refractivity contribution in [2.24, 2.45) is 0 Å². The van der Waals surface area contributed by atoms with Crippen LogP contribution in [0.4, 0.5) is 0 Å². The SMILES string of the molecule is C=[C]C(=O)N(C(C)C)C(C)C. The number of amides is 1. The largest absolute Gasteiger partial charge is 0.334 e. The first-order valence-electron chi connectivity index (χ1n) is 3.86. The molecule has 0 saturated carbocycles. The van der Waals surface area contributed by atoms with E-state index >= 15 is 0 Å². The molecule has 0 bridgehead atoms. The van der Waals surface area contributed by atoms with E-state index in [2.05, 4.69) is 12.7 Å². The minimum absolute atomic E-state index is 0.116. The Labute approximate surface area is 68.9 Å². The molecule has 0 N–H and O–H groups in total. The summed E-state index contributed by atoms with van der Waals surface area (Å²) in [5.41, 5.74) is 0. The van der Waals surface area contributed by atoms with Crippen molar-refractivity contribution >= 4 is 5.91 Å². The Morgan fingerprint density at radius 2 is 1.64 bits per heavy atom. The molecule has 2 nitrogen and oxygen atoms in total. The van der Waals surface area contributed by atoms with Gasteiger partial charge in [0.25, 0.3) is 5.91 Å². The smallest absolute Gasteiger partial charge is 0.254 e. The van der Waals surface area contributed by atoms with Crippen molar-refractivity contribution in [3.05, 3.63) is 12.7 Å². The number of carbonyl (C=O) groups excluding carboxylic acids is 1. The Kier molecular flexibility index (Phi) is 3.86. The summed E-state index contributed by atoms with van der Waals surface area (Å²) >= 11 is 0. The van der Waals surface area contributed by atoms with Crippen LogP contribution in [0.2, 0.25) is 0 Å². The third kappa shape index (κ3) is 2.74. The zero-order valence-electron chi connectivity index (χ0n) is 7.72. The molecule has 0 aliphatic heterocycles. The van der Waals surface area contributed by atoms with Crippen LogP contribution in [0.3, 0.4) is 0 Å². The predicted octanol–water partition coefficient (Wildman–Crippen LogP) is 1.62. The fourth-order valence-electron chi connectivity index (χ4n) is 1.16. The van der Waals surface area contributed by atoms with Crippen LogP contribution in [0.5, 0.6) is 0 Å². The van der Waals surface area contributed by atoms with Crippen LogP contribution in [-0.4, -0.2) is 22.9 Å². The topological polar surface area (TPSA) is 20.3 Å². The number of hydrogen-bond donors (Lipinski definition) is 0. The van der Waals surface area contributed by atoms with Gasteiger partial charge in [-0.1, -0.05) is 6.58 Å². The Morgan fingerprint density at radius 1 is 1.27 bits per heavy atom. The van der Waals surface area contributed by atoms with Gasteiger partial charge in [0, 0.05) is 18.2 Å². The lowest BCUT2D eigenvalue weighted by Crippen LogP contribution is -2.41. The molecule has 63 valence electrons. The maximum Gasteiger partial charge on any atom is 0.254 e. The average Bonchev–Trinajstić information content (AvgIpc) is 1.85. The third-order valence-corrected chi connectivity index (χ3v) is 1.50. The average molecular weight is 154 g/mol. The zero-order chi connectivity index (χ0) is 9.02. The predicted molar refractivity (Wildman–Crippen MR) is 46.0 cm³/mol. The van der Waals surface area contributed by atoms with E-state index in [4.69, 9.17) is 0 Å². The molecular weight excluding hydrogens is 138 g/mol. The highest BCUT2D eigenvalue weighted by atomic mass is 16.2. The van der Waals surface area contributed by atoms with E-state index in [1.165, 1.54) is 0 Å². The highest BCUT2D eigenvalue weighted by molar-refractivity contribution is 5.83. The van der Waals surface area contributed by atoms with Gasteiger partial charge in [-0.3, -0.25) is 4.79 Å². The second-order valence-corrected chi connectivity index (χ2v) is 3.08. The molecule has 0 rings (SSSR count). The normalized spacial score (nSPS) is 10.4. The maximum absolute atomic E-state index is 11.1. The summed E-state index contributed by atoms with van der Waals surface area (Å²) in [5, 5.41) is 0. The molecule has 0 atom stereocenters. The highest BCUT2D eigenvalue weighted by Gasteiger charge is 2.16. The van der Waals surface area contributed by atoms with E-state index in [9.17, 15) is 4.79 Å². The number of carbonyl (C=O) groups is 1. The van der Waals surface area contributed by atoms with E-state index in [1.807, 2.05) is 27.7 Å². The van der Waals surface area contributed by atoms with E-state index < -0.39 is 0 Å². The Hall–Kier alpha value is -0.790. The third-order valence-electron chi connectivity index (χ3n) is 1.50. The van der Waals surface area contributed by atoms with Gasteiger partial charge in [0.05, 0.1) is 0 Å². The van der Waals surface area contributed by atoms with Gasteiger partial charge in [-0.25, -0.2) is 0 Å². The van der Waals surface area contributed by atoms with Gasteiger partial charge in [-0.05, 0) is 27.7 Å². The lowest BCUT2D eigenvalue weighted by atomic mass is 10.2. The molecule has 1 radical (unpaired) electrons. The lowest BCUT2D eigenvalue weighted by Gasteiger charge is -2.29. The highest BCUT2D eigenvalue weighted by Crippen LogP contribution is 2.04. The summed E-state index contributed by atoms with van der Waals surface area (Å²) in [5.74, 6) is -0.116. The van der Waals surface area contributed by atoms with Crippen LogP contribution >= 0.6 is 0 Å². The Bertz CT molecular complexity index is 142. The molecule has 0 aromatic heterocycles. The van der Waals surface area contributed by atoms with Gasteiger partial charge in [-0.15, -0.1) is 0 Å². The van der Waals surface area contributed by atoms with Crippen LogP contribution in [0.25, 0.3) is 0 Å². The number of rotatable bonds is 3. The maximum atomic E-state index is 11.1. The molecule has 0 heterocycles. The van der Waals surface area contributed by atoms with Crippen molar-refractivity contribution in [3.63, 3.8) is 0 Å². The molecule has 1 amide bonds. The van der Waals surface area contributed by atoms with Gasteiger partial charge in [0.2, 0.25) is 0 Å². The van der Waals surface area contributed by atoms with E-state index in [-0.39, 0.29) is 18.0 Å². The summed E-state index contributed by atoms with van der Waals surface area (Å²) in [6.45, 7) is 11.3. The summed E-state index contributed by atoms with van der Waals surface area (Å²) < 4.78 is 0. The van der Waals surface area contributed by atoms with Crippen molar-refractivity contribution in [3.8, 4) is 0 Å². The molecule has 0 aliphatic rings. The molecule has 0 fully saturated rings. The number of hydrogen-bond acceptors (Lipinski definition) is 1. The Morgan fingerprint density at radius 3 is 1.73 bits per heavy atom. The minimum Gasteiger partial charge on any atom is -0.334 e. The summed E-state index contributed by atoms with van der Waals surface area (Å²) in [7, 11) is 0. The molecule has 0 unspecified atom stereocenters. The second kappa shape index (κ2) is 4.16. The van der Waals surface area contributed by atoms with Crippen molar-refractivity contribution in [1.29, 1.82) is 0 Å². The fourth-order valence-corrected chi connectivity index (χ4v) is 1.16. The summed E-state index contributed by atoms with van der Waals surface area (Å²) in [6, 6.07) is 0.438. The lowest BCUT2D eigenvalue weighted by molar-refractivity contribution is -0.130. The molecule has 0 aromatic carbocycles. The first kappa shape index (κ1) is 10.2. The molecule has 0 spiro atoms. The second-order valence-electron chi connectivity index (χ2n) is 3.08. The molecule has 0 aliphatic carbocycles. The standard InChI is InChI=1S/C9H16NO/c1-6-9(11)10(7(2)3)8(4)5/h7-8H,1H2,2-5H3. The fraction of sp³-hybridized carbons (Fsp3) is 0.667. The first-order chi connectivity index (χ1) is 5.00. The van der Waals surface area contributed by atoms with Crippen molar-refractivity contribution in [2.45, 2.75) is 39.8 Å². The van der Waals surface area contributed by atoms with Crippen molar-refractivity contribution in [2.75, 3.05) is 0 Å². The van der Waals surface area contributed by atoms with Gasteiger partial charge in [0.15, 0.2) is 0 Å². The van der Waals surface area contributed by atoms with Crippen LogP contribution in [0, 0.1) is 6.08 Å². The van der Waals surface area contributed by atoms with Gasteiger partial charge in [-0.2, -0.15) is 0 Å². The monoisotopic (exact) mass is 154 g/mol. The van der Waals surface area contributed by atoms with E-state index in [1.54, 1.807) is 4.90 Å². The van der Waals surface area contributed by atoms with Gasteiger partial charge >= 0.3 is 0 Å². The quantitative estimate of drug-likeness (QED) is 0.566. The molecule has 11 heavy (non-hydrogen) atoms. The van der Waals surface area contributed by atoms with Gasteiger partial charge < -0.3 is 4.90 Å². The van der Waals surface area contributed by atoms with Gasteiger partial charge in [0.1, 0.15) is 0 Å². The summed E-state index contributed by atoms with van der Waals surface area (Å²) in [6.07, 6.45) is 2.36. The zero-order valence-corrected chi connectivity index (χ0v) is 7.72. The van der Waals surface area contributed by atoms with E-state index in [0.29, 0.717) is 0 Å².